The molecule has 0 bridgehead atoms. The highest BCUT2D eigenvalue weighted by Gasteiger charge is 2.25. The lowest BCUT2D eigenvalue weighted by Crippen LogP contribution is -2.07. The van der Waals surface area contributed by atoms with E-state index in [4.69, 9.17) is 11.6 Å². The molecule has 1 aromatic carbocycles. The number of nitrogens with one attached hydrogen (secondary N) is 1. The highest BCUT2D eigenvalue weighted by molar-refractivity contribution is 7.16. The molecule has 0 spiro atoms. The number of rotatable bonds is 2. The first-order chi connectivity index (χ1) is 9.04. The summed E-state index contributed by atoms with van der Waals surface area (Å²) >= 11 is 7.46. The number of anilines is 1. The molecule has 1 atom stereocenters. The van der Waals surface area contributed by atoms with Gasteiger partial charge in [-0.3, -0.25) is 0 Å². The van der Waals surface area contributed by atoms with E-state index in [0.29, 0.717) is 4.34 Å². The van der Waals surface area contributed by atoms with Crippen molar-refractivity contribution in [3.63, 3.8) is 0 Å². The Kier molecular flexibility index (Phi) is 3.19. The maximum Gasteiger partial charge on any atom is 0.194 e. The first-order valence-corrected chi connectivity index (χ1v) is 6.93. The summed E-state index contributed by atoms with van der Waals surface area (Å²) in [5.41, 5.74) is 1.29. The van der Waals surface area contributed by atoms with Crippen molar-refractivity contribution < 1.29 is 13.2 Å². The zero-order chi connectivity index (χ0) is 13.6. The van der Waals surface area contributed by atoms with Crippen molar-refractivity contribution in [2.24, 2.45) is 0 Å². The smallest absolute Gasteiger partial charge is 0.194 e. The highest BCUT2D eigenvalue weighted by atomic mass is 35.5. The van der Waals surface area contributed by atoms with Crippen LogP contribution in [0.25, 0.3) is 0 Å². The molecule has 0 aliphatic heterocycles. The molecule has 0 amide bonds. The summed E-state index contributed by atoms with van der Waals surface area (Å²) in [5.74, 6) is -3.83. The van der Waals surface area contributed by atoms with Crippen LogP contribution in [0, 0.1) is 17.5 Å². The standard InChI is InChI=1S/C13H9ClF3NS/c14-12-5-7-10(1-2-11(7)19-12)18-6-3-8(15)13(17)9(16)4-6/h3-5,10,18H,1-2H2. The van der Waals surface area contributed by atoms with Crippen molar-refractivity contribution in [1.82, 2.24) is 0 Å². The summed E-state index contributed by atoms with van der Waals surface area (Å²) in [6.07, 6.45) is 1.72. The van der Waals surface area contributed by atoms with Gasteiger partial charge in [-0.2, -0.15) is 0 Å². The lowest BCUT2D eigenvalue weighted by molar-refractivity contribution is 0.447. The minimum absolute atomic E-state index is 0.0389. The van der Waals surface area contributed by atoms with Gasteiger partial charge in [-0.15, -0.1) is 11.3 Å². The molecule has 1 heterocycles. The molecule has 0 fully saturated rings. The Hall–Kier alpha value is -1.20. The number of aryl methyl sites for hydroxylation is 1. The molecule has 1 aromatic heterocycles. The van der Waals surface area contributed by atoms with Crippen LogP contribution in [0.3, 0.4) is 0 Å². The van der Waals surface area contributed by atoms with E-state index in [9.17, 15) is 13.2 Å². The topological polar surface area (TPSA) is 12.0 Å². The van der Waals surface area contributed by atoms with Crippen LogP contribution in [0.2, 0.25) is 4.34 Å². The van der Waals surface area contributed by atoms with Gasteiger partial charge < -0.3 is 5.32 Å². The van der Waals surface area contributed by atoms with E-state index in [-0.39, 0.29) is 11.7 Å². The van der Waals surface area contributed by atoms with Crippen molar-refractivity contribution in [2.45, 2.75) is 18.9 Å². The second kappa shape index (κ2) is 4.72. The van der Waals surface area contributed by atoms with E-state index in [1.807, 2.05) is 6.07 Å². The average molecular weight is 304 g/mol. The van der Waals surface area contributed by atoms with Gasteiger partial charge in [0, 0.05) is 22.7 Å². The Morgan fingerprint density at radius 3 is 2.53 bits per heavy atom. The fraction of sp³-hybridized carbons (Fsp3) is 0.231. The van der Waals surface area contributed by atoms with Gasteiger partial charge in [0.2, 0.25) is 0 Å². The van der Waals surface area contributed by atoms with Crippen LogP contribution in [-0.2, 0) is 6.42 Å². The van der Waals surface area contributed by atoms with Crippen LogP contribution in [0.5, 0.6) is 0 Å². The molecule has 1 nitrogen and oxygen atoms in total. The van der Waals surface area contributed by atoms with Crippen molar-refractivity contribution >= 4 is 28.6 Å². The van der Waals surface area contributed by atoms with E-state index in [2.05, 4.69) is 5.32 Å². The number of hydrogen-bond donors (Lipinski definition) is 1. The average Bonchev–Trinajstić information content (AvgIpc) is 2.87. The van der Waals surface area contributed by atoms with Crippen LogP contribution in [0.1, 0.15) is 22.9 Å². The van der Waals surface area contributed by atoms with E-state index < -0.39 is 17.5 Å². The van der Waals surface area contributed by atoms with Crippen LogP contribution in [0.4, 0.5) is 18.9 Å². The molecule has 0 radical (unpaired) electrons. The predicted octanol–water partition coefficient (Wildman–Crippen LogP) is 4.92. The van der Waals surface area contributed by atoms with Crippen LogP contribution in [0.15, 0.2) is 18.2 Å². The zero-order valence-corrected chi connectivity index (χ0v) is 11.2. The van der Waals surface area contributed by atoms with Gasteiger partial charge in [0.1, 0.15) is 0 Å². The normalized spacial score (nSPS) is 17.6. The molecule has 1 N–H and O–H groups in total. The van der Waals surface area contributed by atoms with Crippen LogP contribution >= 0.6 is 22.9 Å². The maximum atomic E-state index is 13.1. The largest absolute Gasteiger partial charge is 0.378 e. The monoisotopic (exact) mass is 303 g/mol. The number of thiophene rings is 1. The zero-order valence-electron chi connectivity index (χ0n) is 9.64. The Balaban J connectivity index is 1.87. The van der Waals surface area contributed by atoms with Gasteiger partial charge in [0.05, 0.1) is 10.4 Å². The molecule has 100 valence electrons. The van der Waals surface area contributed by atoms with Gasteiger partial charge in [0.15, 0.2) is 17.5 Å². The van der Waals surface area contributed by atoms with E-state index >= 15 is 0 Å². The molecule has 19 heavy (non-hydrogen) atoms. The third kappa shape index (κ3) is 2.32. The van der Waals surface area contributed by atoms with Gasteiger partial charge in [0.25, 0.3) is 0 Å². The van der Waals surface area contributed by atoms with Crippen molar-refractivity contribution in [3.8, 4) is 0 Å². The summed E-state index contributed by atoms with van der Waals surface area (Å²) in [6, 6.07) is 3.75. The Labute approximate surface area is 117 Å². The second-order valence-electron chi connectivity index (χ2n) is 4.42. The fourth-order valence-corrected chi connectivity index (χ4v) is 3.68. The molecule has 3 rings (SSSR count). The van der Waals surface area contributed by atoms with Crippen LogP contribution < -0.4 is 5.32 Å². The summed E-state index contributed by atoms with van der Waals surface area (Å²) in [4.78, 5) is 1.19. The number of fused-ring (bicyclic) bond motifs is 1. The molecule has 0 saturated heterocycles. The van der Waals surface area contributed by atoms with E-state index in [1.165, 1.54) is 16.2 Å². The van der Waals surface area contributed by atoms with Gasteiger partial charge >= 0.3 is 0 Å². The van der Waals surface area contributed by atoms with Gasteiger partial charge in [-0.25, -0.2) is 13.2 Å². The minimum atomic E-state index is -1.45. The highest BCUT2D eigenvalue weighted by Crippen LogP contribution is 2.41. The summed E-state index contributed by atoms with van der Waals surface area (Å²) < 4.78 is 39.9. The minimum Gasteiger partial charge on any atom is -0.378 e. The summed E-state index contributed by atoms with van der Waals surface area (Å²) in [7, 11) is 0. The third-order valence-electron chi connectivity index (χ3n) is 3.17. The Morgan fingerprint density at radius 2 is 1.84 bits per heavy atom. The summed E-state index contributed by atoms with van der Waals surface area (Å²) in [6.45, 7) is 0. The van der Waals surface area contributed by atoms with E-state index in [1.54, 1.807) is 0 Å². The van der Waals surface area contributed by atoms with Gasteiger partial charge in [-0.1, -0.05) is 11.6 Å². The lowest BCUT2D eigenvalue weighted by Gasteiger charge is -2.14. The predicted molar refractivity (Wildman–Crippen MR) is 70.3 cm³/mol. The van der Waals surface area contributed by atoms with Crippen molar-refractivity contribution in [3.05, 3.63) is 50.4 Å². The molecular formula is C13H9ClF3NS. The lowest BCUT2D eigenvalue weighted by atomic mass is 10.1. The molecular weight excluding hydrogens is 295 g/mol. The number of benzene rings is 1. The Bertz CT molecular complexity index is 618. The van der Waals surface area contributed by atoms with Gasteiger partial charge in [-0.05, 0) is 24.5 Å². The molecule has 0 saturated carbocycles. The first kappa shape index (κ1) is 12.8. The number of halogens is 4. The van der Waals surface area contributed by atoms with Crippen molar-refractivity contribution in [2.75, 3.05) is 5.32 Å². The fourth-order valence-electron chi connectivity index (χ4n) is 2.32. The number of hydrogen-bond acceptors (Lipinski definition) is 2. The molecule has 1 aliphatic rings. The molecule has 2 aromatic rings. The molecule has 1 unspecified atom stereocenters. The van der Waals surface area contributed by atoms with Crippen LogP contribution in [-0.4, -0.2) is 0 Å². The molecule has 1 aliphatic carbocycles. The second-order valence-corrected chi connectivity index (χ2v) is 6.19. The quantitative estimate of drug-likeness (QED) is 0.777. The van der Waals surface area contributed by atoms with Crippen molar-refractivity contribution in [1.29, 1.82) is 0 Å². The first-order valence-electron chi connectivity index (χ1n) is 5.74. The van der Waals surface area contributed by atoms with E-state index in [0.717, 1.165) is 30.5 Å². The SMILES string of the molecule is Fc1cc(NC2CCc3sc(Cl)cc32)cc(F)c1F. The molecule has 6 heteroatoms. The summed E-state index contributed by atoms with van der Waals surface area (Å²) in [5, 5.41) is 3.02. The maximum absolute atomic E-state index is 13.1. The third-order valence-corrected chi connectivity index (χ3v) is 4.51. The Morgan fingerprint density at radius 1 is 1.16 bits per heavy atom.